The van der Waals surface area contributed by atoms with Gasteiger partial charge in [-0.25, -0.2) is 0 Å². The zero-order valence-corrected chi connectivity index (χ0v) is 16.7. The molecule has 1 saturated heterocycles. The third kappa shape index (κ3) is 3.12. The first-order valence-electron chi connectivity index (χ1n) is 10.5. The van der Waals surface area contributed by atoms with E-state index >= 15 is 0 Å². The average Bonchev–Trinajstić information content (AvgIpc) is 2.79. The molecule has 5 rings (SSSR count). The van der Waals surface area contributed by atoms with Crippen molar-refractivity contribution in [3.63, 3.8) is 0 Å². The van der Waals surface area contributed by atoms with Crippen molar-refractivity contribution in [1.82, 2.24) is 0 Å². The zero-order chi connectivity index (χ0) is 20.6. The van der Waals surface area contributed by atoms with E-state index in [0.717, 1.165) is 30.6 Å². The van der Waals surface area contributed by atoms with Gasteiger partial charge in [0.25, 0.3) is 0 Å². The highest BCUT2D eigenvalue weighted by atomic mass is 16.6. The normalized spacial score (nSPS) is 22.7. The lowest BCUT2D eigenvalue weighted by Gasteiger charge is -2.45. The quantitative estimate of drug-likeness (QED) is 0.829. The molecule has 30 heavy (non-hydrogen) atoms. The van der Waals surface area contributed by atoms with E-state index in [1.165, 1.54) is 0 Å². The van der Waals surface area contributed by atoms with Crippen molar-refractivity contribution < 1.29 is 19.1 Å². The topological polar surface area (TPSA) is 67.9 Å². The maximum absolute atomic E-state index is 13.6. The van der Waals surface area contributed by atoms with Crippen LogP contribution in [0.3, 0.4) is 0 Å². The maximum atomic E-state index is 13.6. The van der Waals surface area contributed by atoms with Crippen molar-refractivity contribution in [2.75, 3.05) is 23.4 Å². The van der Waals surface area contributed by atoms with Crippen molar-refractivity contribution in [3.05, 3.63) is 60.3 Å². The van der Waals surface area contributed by atoms with Gasteiger partial charge in [0.1, 0.15) is 13.2 Å². The van der Waals surface area contributed by atoms with Gasteiger partial charge in [-0.3, -0.25) is 14.5 Å². The molecule has 6 nitrogen and oxygen atoms in total. The number of rotatable bonds is 3. The molecule has 0 saturated carbocycles. The summed E-state index contributed by atoms with van der Waals surface area (Å²) in [6, 6.07) is 15.0. The Morgan fingerprint density at radius 2 is 1.80 bits per heavy atom. The van der Waals surface area contributed by atoms with Crippen molar-refractivity contribution in [2.45, 2.75) is 32.1 Å². The highest BCUT2D eigenvalue weighted by molar-refractivity contribution is 6.05. The molecule has 2 amide bonds. The van der Waals surface area contributed by atoms with Crippen molar-refractivity contribution in [2.24, 2.45) is 5.41 Å². The fourth-order valence-electron chi connectivity index (χ4n) is 4.67. The van der Waals surface area contributed by atoms with Crippen LogP contribution >= 0.6 is 0 Å². The largest absolute Gasteiger partial charge is 0.486 e. The second-order valence-electron chi connectivity index (χ2n) is 7.94. The lowest BCUT2D eigenvalue weighted by molar-refractivity contribution is -0.128. The molecule has 1 unspecified atom stereocenters. The minimum atomic E-state index is -0.713. The number of nitrogens with one attached hydrogen (secondary N) is 1. The van der Waals surface area contributed by atoms with Crippen molar-refractivity contribution in [1.29, 1.82) is 0 Å². The van der Waals surface area contributed by atoms with E-state index in [-0.39, 0.29) is 11.8 Å². The molecule has 1 fully saturated rings. The molecular weight excluding hydrogens is 380 g/mol. The molecule has 1 atom stereocenters. The molecule has 1 aliphatic carbocycles. The standard InChI is InChI=1S/C24H24N2O4/c27-22-11-13-24(12-5-4-8-21(24)26(22)18-6-2-1-3-7-18)23(28)25-17-9-10-19-20(16-17)30-15-14-29-19/h1-3,6-10,16H,4-5,11-15H2,(H,25,28). The molecule has 0 spiro atoms. The minimum absolute atomic E-state index is 0.0390. The van der Waals surface area contributed by atoms with Crippen LogP contribution in [0, 0.1) is 5.41 Å². The van der Waals surface area contributed by atoms with E-state index in [1.807, 2.05) is 42.5 Å². The number of anilines is 2. The predicted molar refractivity (Wildman–Crippen MR) is 114 cm³/mol. The molecule has 1 N–H and O–H groups in total. The SMILES string of the molecule is O=C1CCC2(C(=O)Nc3ccc4c(c3)OCCO4)CCCC=C2N1c1ccccc1. The summed E-state index contributed by atoms with van der Waals surface area (Å²) in [7, 11) is 0. The number of amides is 2. The van der Waals surface area contributed by atoms with Crippen LogP contribution in [-0.4, -0.2) is 25.0 Å². The van der Waals surface area contributed by atoms with E-state index < -0.39 is 5.41 Å². The Hall–Kier alpha value is -3.28. The maximum Gasteiger partial charge on any atom is 0.236 e. The number of carbonyl (C=O) groups is 2. The summed E-state index contributed by atoms with van der Waals surface area (Å²) in [6.07, 6.45) is 5.46. The average molecular weight is 404 g/mol. The van der Waals surface area contributed by atoms with Crippen LogP contribution in [0.5, 0.6) is 11.5 Å². The Morgan fingerprint density at radius 1 is 1.00 bits per heavy atom. The number of fused-ring (bicyclic) bond motifs is 2. The number of piperidine rings is 1. The second kappa shape index (κ2) is 7.52. The van der Waals surface area contributed by atoms with Crippen molar-refractivity contribution in [3.8, 4) is 11.5 Å². The smallest absolute Gasteiger partial charge is 0.236 e. The number of para-hydroxylation sites is 1. The van der Waals surface area contributed by atoms with Gasteiger partial charge in [-0.15, -0.1) is 0 Å². The van der Waals surface area contributed by atoms with Crippen LogP contribution in [0.4, 0.5) is 11.4 Å². The molecule has 2 aromatic rings. The molecule has 2 heterocycles. The Morgan fingerprint density at radius 3 is 2.63 bits per heavy atom. The number of hydrogen-bond acceptors (Lipinski definition) is 4. The molecular formula is C24H24N2O4. The third-order valence-electron chi connectivity index (χ3n) is 6.14. The van der Waals surface area contributed by atoms with Gasteiger partial charge in [0, 0.05) is 29.6 Å². The highest BCUT2D eigenvalue weighted by Gasteiger charge is 2.50. The van der Waals surface area contributed by atoms with E-state index in [4.69, 9.17) is 9.47 Å². The zero-order valence-electron chi connectivity index (χ0n) is 16.7. The fourth-order valence-corrected chi connectivity index (χ4v) is 4.67. The van der Waals surface area contributed by atoms with E-state index in [9.17, 15) is 9.59 Å². The monoisotopic (exact) mass is 404 g/mol. The Bertz CT molecular complexity index is 1020. The first-order chi connectivity index (χ1) is 14.7. The fraction of sp³-hybridized carbons (Fsp3) is 0.333. The highest BCUT2D eigenvalue weighted by Crippen LogP contribution is 2.49. The van der Waals surface area contributed by atoms with E-state index in [1.54, 1.807) is 11.0 Å². The lowest BCUT2D eigenvalue weighted by atomic mass is 9.69. The van der Waals surface area contributed by atoms with Gasteiger partial charge >= 0.3 is 0 Å². The van der Waals surface area contributed by atoms with Gasteiger partial charge in [-0.2, -0.15) is 0 Å². The summed E-state index contributed by atoms with van der Waals surface area (Å²) in [5, 5.41) is 3.09. The second-order valence-corrected chi connectivity index (χ2v) is 7.94. The van der Waals surface area contributed by atoms with Crippen LogP contribution in [0.25, 0.3) is 0 Å². The molecule has 0 radical (unpaired) electrons. The minimum Gasteiger partial charge on any atom is -0.486 e. The van der Waals surface area contributed by atoms with E-state index in [0.29, 0.717) is 43.2 Å². The summed E-state index contributed by atoms with van der Waals surface area (Å²) in [4.78, 5) is 28.2. The molecule has 3 aliphatic rings. The summed E-state index contributed by atoms with van der Waals surface area (Å²) in [6.45, 7) is 1.02. The number of ether oxygens (including phenoxy) is 2. The van der Waals surface area contributed by atoms with Gasteiger partial charge in [0.2, 0.25) is 11.8 Å². The number of allylic oxidation sites excluding steroid dienone is 1. The molecule has 2 aliphatic heterocycles. The van der Waals surface area contributed by atoms with Crippen molar-refractivity contribution >= 4 is 23.2 Å². The van der Waals surface area contributed by atoms with Gasteiger partial charge in [0.05, 0.1) is 5.41 Å². The summed E-state index contributed by atoms with van der Waals surface area (Å²) in [5.74, 6) is 1.30. The lowest BCUT2D eigenvalue weighted by Crippen LogP contribution is -2.51. The van der Waals surface area contributed by atoms with Gasteiger partial charge in [-0.05, 0) is 49.9 Å². The van der Waals surface area contributed by atoms with Crippen LogP contribution < -0.4 is 19.7 Å². The first kappa shape index (κ1) is 18.7. The molecule has 2 aromatic carbocycles. The van der Waals surface area contributed by atoms with Gasteiger partial charge < -0.3 is 14.8 Å². The van der Waals surface area contributed by atoms with Gasteiger partial charge in [-0.1, -0.05) is 24.3 Å². The Balaban J connectivity index is 1.47. The van der Waals surface area contributed by atoms with Crippen LogP contribution in [0.1, 0.15) is 32.1 Å². The first-order valence-corrected chi connectivity index (χ1v) is 10.5. The van der Waals surface area contributed by atoms with E-state index in [2.05, 4.69) is 11.4 Å². The molecule has 0 aromatic heterocycles. The van der Waals surface area contributed by atoms with Crippen LogP contribution in [-0.2, 0) is 9.59 Å². The van der Waals surface area contributed by atoms with Crippen LogP contribution in [0.2, 0.25) is 0 Å². The predicted octanol–water partition coefficient (Wildman–Crippen LogP) is 4.28. The molecule has 0 bridgehead atoms. The number of benzene rings is 2. The number of nitrogens with zero attached hydrogens (tertiary/aromatic N) is 1. The summed E-state index contributed by atoms with van der Waals surface area (Å²) in [5.41, 5.74) is 1.58. The van der Waals surface area contributed by atoms with Crippen LogP contribution in [0.15, 0.2) is 60.3 Å². The number of carbonyl (C=O) groups excluding carboxylic acids is 2. The van der Waals surface area contributed by atoms with Gasteiger partial charge in [0.15, 0.2) is 11.5 Å². The Kier molecular flexibility index (Phi) is 4.69. The Labute approximate surface area is 175 Å². The molecule has 154 valence electrons. The summed E-state index contributed by atoms with van der Waals surface area (Å²) >= 11 is 0. The summed E-state index contributed by atoms with van der Waals surface area (Å²) < 4.78 is 11.2. The molecule has 6 heteroatoms. The number of hydrogen-bond donors (Lipinski definition) is 1. The third-order valence-corrected chi connectivity index (χ3v) is 6.14.